The summed E-state index contributed by atoms with van der Waals surface area (Å²) in [5.74, 6) is 0.300. The van der Waals surface area contributed by atoms with E-state index in [1.165, 1.54) is 11.6 Å². The van der Waals surface area contributed by atoms with Crippen LogP contribution in [0.3, 0.4) is 0 Å². The Labute approximate surface area is 140 Å². The molecular weight excluding hydrogens is 326 g/mol. The van der Waals surface area contributed by atoms with Crippen molar-refractivity contribution in [1.82, 2.24) is 0 Å². The Morgan fingerprint density at radius 2 is 1.71 bits per heavy atom. The highest BCUT2D eigenvalue weighted by Gasteiger charge is 2.22. The quantitative estimate of drug-likeness (QED) is 0.870. The fraction of sp³-hybridized carbons (Fsp3) is 0.278. The maximum absolute atomic E-state index is 12.5. The van der Waals surface area contributed by atoms with Crippen LogP contribution in [0.5, 0.6) is 5.75 Å². The van der Waals surface area contributed by atoms with Gasteiger partial charge in [0.1, 0.15) is 10.6 Å². The van der Waals surface area contributed by atoms with E-state index in [4.69, 9.17) is 4.18 Å². The van der Waals surface area contributed by atoms with Crippen LogP contribution in [0, 0.1) is 0 Å². The monoisotopic (exact) mass is 343 g/mol. The van der Waals surface area contributed by atoms with Gasteiger partial charge in [-0.2, -0.15) is 8.42 Å². The van der Waals surface area contributed by atoms with Crippen LogP contribution in [0.1, 0.15) is 29.5 Å². The van der Waals surface area contributed by atoms with E-state index in [0.29, 0.717) is 24.3 Å². The highest BCUT2D eigenvalue weighted by Crippen LogP contribution is 2.29. The third kappa shape index (κ3) is 2.78. The molecule has 0 radical (unpaired) electrons. The van der Waals surface area contributed by atoms with Crippen molar-refractivity contribution in [2.24, 2.45) is 0 Å². The average Bonchev–Trinajstić information content (AvgIpc) is 3.01. The van der Waals surface area contributed by atoms with Crippen molar-refractivity contribution in [3.63, 3.8) is 0 Å². The zero-order valence-electron chi connectivity index (χ0n) is 13.0. The minimum atomic E-state index is -3.89. The summed E-state index contributed by atoms with van der Waals surface area (Å²) in [7, 11) is -3.89. The number of aryl methyl sites for hydroxylation is 3. The van der Waals surface area contributed by atoms with E-state index in [2.05, 4.69) is 5.32 Å². The Morgan fingerprint density at radius 1 is 0.875 bits per heavy atom. The van der Waals surface area contributed by atoms with Crippen molar-refractivity contribution in [2.75, 3.05) is 5.32 Å². The van der Waals surface area contributed by atoms with Gasteiger partial charge in [0.25, 0.3) is 0 Å². The summed E-state index contributed by atoms with van der Waals surface area (Å²) in [6.07, 6.45) is 4.00. The Balaban J connectivity index is 1.62. The Kier molecular flexibility index (Phi) is 3.57. The van der Waals surface area contributed by atoms with Crippen LogP contribution in [0.2, 0.25) is 0 Å². The lowest BCUT2D eigenvalue weighted by molar-refractivity contribution is -0.116. The summed E-state index contributed by atoms with van der Waals surface area (Å²) in [5, 5.41) is 2.74. The minimum Gasteiger partial charge on any atom is -0.379 e. The van der Waals surface area contributed by atoms with Gasteiger partial charge in [-0.3, -0.25) is 4.79 Å². The van der Waals surface area contributed by atoms with Gasteiger partial charge in [-0.25, -0.2) is 0 Å². The van der Waals surface area contributed by atoms with Crippen LogP contribution in [0.4, 0.5) is 5.69 Å². The third-order valence-corrected chi connectivity index (χ3v) is 5.78. The molecule has 1 aliphatic heterocycles. The zero-order valence-corrected chi connectivity index (χ0v) is 13.9. The molecular formula is C18H17NO4S. The molecule has 6 heteroatoms. The van der Waals surface area contributed by atoms with Crippen LogP contribution in [0.25, 0.3) is 0 Å². The maximum Gasteiger partial charge on any atom is 0.339 e. The molecule has 0 aromatic heterocycles. The Bertz CT molecular complexity index is 934. The predicted molar refractivity (Wildman–Crippen MR) is 89.7 cm³/mol. The molecule has 0 fully saturated rings. The highest BCUT2D eigenvalue weighted by atomic mass is 32.2. The fourth-order valence-corrected chi connectivity index (χ4v) is 4.26. The fourth-order valence-electron chi connectivity index (χ4n) is 3.29. The van der Waals surface area contributed by atoms with E-state index in [0.717, 1.165) is 30.4 Å². The number of carbonyl (C=O) groups excluding carboxylic acids is 1. The smallest absolute Gasteiger partial charge is 0.339 e. The number of anilines is 1. The second-order valence-electron chi connectivity index (χ2n) is 6.19. The number of carbonyl (C=O) groups is 1. The second kappa shape index (κ2) is 5.63. The van der Waals surface area contributed by atoms with Crippen LogP contribution in [-0.2, 0) is 34.2 Å². The number of rotatable bonds is 3. The van der Waals surface area contributed by atoms with E-state index in [9.17, 15) is 13.2 Å². The predicted octanol–water partition coefficient (Wildman–Crippen LogP) is 2.83. The Morgan fingerprint density at radius 3 is 2.58 bits per heavy atom. The van der Waals surface area contributed by atoms with Crippen molar-refractivity contribution in [3.8, 4) is 5.75 Å². The van der Waals surface area contributed by atoms with Gasteiger partial charge in [0, 0.05) is 12.1 Å². The molecule has 2 aromatic rings. The number of nitrogens with one attached hydrogen (secondary N) is 1. The molecule has 1 aliphatic carbocycles. The molecule has 1 heterocycles. The molecule has 24 heavy (non-hydrogen) atoms. The molecule has 0 saturated carbocycles. The molecule has 1 N–H and O–H groups in total. The molecule has 5 nitrogen and oxygen atoms in total. The minimum absolute atomic E-state index is 0.0486. The van der Waals surface area contributed by atoms with E-state index >= 15 is 0 Å². The molecule has 1 amide bonds. The van der Waals surface area contributed by atoms with Gasteiger partial charge < -0.3 is 9.50 Å². The van der Waals surface area contributed by atoms with Gasteiger partial charge in [-0.1, -0.05) is 6.07 Å². The summed E-state index contributed by atoms with van der Waals surface area (Å²) in [4.78, 5) is 11.5. The summed E-state index contributed by atoms with van der Waals surface area (Å²) in [6.45, 7) is 0. The van der Waals surface area contributed by atoms with Gasteiger partial charge in [-0.15, -0.1) is 0 Å². The summed E-state index contributed by atoms with van der Waals surface area (Å²) in [5.41, 5.74) is 3.91. The first-order valence-electron chi connectivity index (χ1n) is 8.00. The number of amides is 1. The van der Waals surface area contributed by atoms with Crippen molar-refractivity contribution in [2.45, 2.75) is 37.0 Å². The molecule has 0 spiro atoms. The maximum atomic E-state index is 12.5. The Hall–Kier alpha value is -2.34. The van der Waals surface area contributed by atoms with E-state index in [1.807, 2.05) is 12.1 Å². The van der Waals surface area contributed by atoms with Crippen molar-refractivity contribution < 1.29 is 17.4 Å². The van der Waals surface area contributed by atoms with Crippen molar-refractivity contribution in [3.05, 3.63) is 53.1 Å². The van der Waals surface area contributed by atoms with Gasteiger partial charge in [0.15, 0.2) is 0 Å². The third-order valence-electron chi connectivity index (χ3n) is 4.54. The van der Waals surface area contributed by atoms with Crippen LogP contribution < -0.4 is 9.50 Å². The number of hydrogen-bond donors (Lipinski definition) is 1. The van der Waals surface area contributed by atoms with Gasteiger partial charge in [0.2, 0.25) is 5.91 Å². The summed E-state index contributed by atoms with van der Waals surface area (Å²) in [6, 6.07) is 10.1. The first kappa shape index (κ1) is 15.2. The largest absolute Gasteiger partial charge is 0.379 e. The SMILES string of the molecule is O=C1CCc2cc(S(=O)(=O)Oc3ccc4c(c3)CCC4)ccc2N1. The van der Waals surface area contributed by atoms with Crippen molar-refractivity contribution >= 4 is 21.7 Å². The van der Waals surface area contributed by atoms with Gasteiger partial charge in [-0.05, 0) is 72.7 Å². The number of hydrogen-bond acceptors (Lipinski definition) is 4. The lowest BCUT2D eigenvalue weighted by atomic mass is 10.0. The van der Waals surface area contributed by atoms with Crippen LogP contribution in [-0.4, -0.2) is 14.3 Å². The molecule has 124 valence electrons. The van der Waals surface area contributed by atoms with Gasteiger partial charge >= 0.3 is 10.1 Å². The normalized spacial score (nSPS) is 16.2. The number of benzene rings is 2. The van der Waals surface area contributed by atoms with Crippen molar-refractivity contribution in [1.29, 1.82) is 0 Å². The molecule has 2 aliphatic rings. The van der Waals surface area contributed by atoms with E-state index in [-0.39, 0.29) is 10.8 Å². The van der Waals surface area contributed by atoms with E-state index < -0.39 is 10.1 Å². The van der Waals surface area contributed by atoms with Crippen LogP contribution >= 0.6 is 0 Å². The topological polar surface area (TPSA) is 72.5 Å². The second-order valence-corrected chi connectivity index (χ2v) is 7.73. The summed E-state index contributed by atoms with van der Waals surface area (Å²) >= 11 is 0. The summed E-state index contributed by atoms with van der Waals surface area (Å²) < 4.78 is 30.4. The van der Waals surface area contributed by atoms with Gasteiger partial charge in [0.05, 0.1) is 0 Å². The molecule has 0 bridgehead atoms. The number of fused-ring (bicyclic) bond motifs is 2. The zero-order chi connectivity index (χ0) is 16.7. The molecule has 2 aromatic carbocycles. The molecule has 0 unspecified atom stereocenters. The lowest BCUT2D eigenvalue weighted by Crippen LogP contribution is -2.19. The molecule has 0 saturated heterocycles. The van der Waals surface area contributed by atoms with Crippen LogP contribution in [0.15, 0.2) is 41.3 Å². The first-order chi connectivity index (χ1) is 11.5. The molecule has 4 rings (SSSR count). The first-order valence-corrected chi connectivity index (χ1v) is 9.41. The lowest BCUT2D eigenvalue weighted by Gasteiger charge is -2.17. The van der Waals surface area contributed by atoms with E-state index in [1.54, 1.807) is 18.2 Å². The average molecular weight is 343 g/mol. The molecule has 0 atom stereocenters. The highest BCUT2D eigenvalue weighted by molar-refractivity contribution is 7.87. The standard InChI is InChI=1S/C18H17NO4S/c20-18-9-5-14-11-16(7-8-17(14)19-18)24(21,22)23-15-6-4-12-2-1-3-13(12)10-15/h4,6-8,10-11H,1-3,5,9H2,(H,19,20).